The van der Waals surface area contributed by atoms with Crippen molar-refractivity contribution in [2.24, 2.45) is 0 Å². The van der Waals surface area contributed by atoms with Gasteiger partial charge in [-0.1, -0.05) is 24.3 Å². The monoisotopic (exact) mass is 452 g/mol. The standard InChI is InChI=1S/C28H24N2O4/c1-31-25-11-9-19(23(13-25)17-29)5-7-21-15-28(34-4)22(16-27(21)33-3)8-6-20-10-12-26(32-2)14-24(20)18-30/h5-16H,1-4H3/b7-5+,8-6+. The first-order chi connectivity index (χ1) is 16.6. The molecule has 0 saturated heterocycles. The maximum absolute atomic E-state index is 9.46. The zero-order valence-corrected chi connectivity index (χ0v) is 19.5. The van der Waals surface area contributed by atoms with Crippen molar-refractivity contribution in [2.75, 3.05) is 28.4 Å². The minimum Gasteiger partial charge on any atom is -0.497 e. The van der Waals surface area contributed by atoms with Crippen LogP contribution in [-0.2, 0) is 0 Å². The molecule has 3 aromatic carbocycles. The largest absolute Gasteiger partial charge is 0.497 e. The van der Waals surface area contributed by atoms with Crippen LogP contribution < -0.4 is 18.9 Å². The molecule has 0 N–H and O–H groups in total. The Balaban J connectivity index is 1.97. The maximum Gasteiger partial charge on any atom is 0.126 e. The van der Waals surface area contributed by atoms with Gasteiger partial charge in [0.2, 0.25) is 0 Å². The minimum atomic E-state index is 0.508. The van der Waals surface area contributed by atoms with Crippen LogP contribution in [0.5, 0.6) is 23.0 Å². The molecular weight excluding hydrogens is 428 g/mol. The van der Waals surface area contributed by atoms with Gasteiger partial charge < -0.3 is 18.9 Å². The Morgan fingerprint density at radius 3 is 1.24 bits per heavy atom. The minimum absolute atomic E-state index is 0.508. The molecule has 0 heterocycles. The van der Waals surface area contributed by atoms with Crippen molar-refractivity contribution < 1.29 is 18.9 Å². The lowest BCUT2D eigenvalue weighted by molar-refractivity contribution is 0.401. The van der Waals surface area contributed by atoms with E-state index in [4.69, 9.17) is 18.9 Å². The van der Waals surface area contributed by atoms with Crippen LogP contribution in [-0.4, -0.2) is 28.4 Å². The smallest absolute Gasteiger partial charge is 0.126 e. The number of methoxy groups -OCH3 is 4. The number of nitrogens with zero attached hydrogens (tertiary/aromatic N) is 2. The van der Waals surface area contributed by atoms with Crippen LogP contribution in [0.4, 0.5) is 0 Å². The molecule has 0 amide bonds. The number of rotatable bonds is 8. The van der Waals surface area contributed by atoms with Crippen LogP contribution in [0.25, 0.3) is 24.3 Å². The van der Waals surface area contributed by atoms with Crippen LogP contribution in [0.3, 0.4) is 0 Å². The lowest BCUT2D eigenvalue weighted by Gasteiger charge is -2.11. The van der Waals surface area contributed by atoms with E-state index in [0.717, 1.165) is 22.3 Å². The molecule has 0 saturated carbocycles. The van der Waals surface area contributed by atoms with Crippen molar-refractivity contribution in [3.63, 3.8) is 0 Å². The first kappa shape index (κ1) is 24.0. The molecule has 0 spiro atoms. The molecule has 0 aliphatic heterocycles. The summed E-state index contributed by atoms with van der Waals surface area (Å²) in [5, 5.41) is 18.9. The summed E-state index contributed by atoms with van der Waals surface area (Å²) in [6, 6.07) is 18.8. The lowest BCUT2D eigenvalue weighted by Crippen LogP contribution is -1.93. The predicted octanol–water partition coefficient (Wildman–Crippen LogP) is 5.81. The first-order valence-electron chi connectivity index (χ1n) is 10.3. The van der Waals surface area contributed by atoms with Crippen molar-refractivity contribution in [3.8, 4) is 35.1 Å². The normalized spacial score (nSPS) is 10.6. The van der Waals surface area contributed by atoms with Gasteiger partial charge in [0.05, 0.1) is 51.7 Å². The zero-order valence-electron chi connectivity index (χ0n) is 19.5. The van der Waals surface area contributed by atoms with Crippen molar-refractivity contribution in [3.05, 3.63) is 81.9 Å². The predicted molar refractivity (Wildman–Crippen MR) is 133 cm³/mol. The topological polar surface area (TPSA) is 84.5 Å². The van der Waals surface area contributed by atoms with E-state index in [9.17, 15) is 10.5 Å². The Bertz CT molecular complexity index is 1220. The SMILES string of the molecule is COc1ccc(/C=C/c2cc(OC)c(/C=C/c3ccc(OC)cc3C#N)cc2OC)c(C#N)c1. The van der Waals surface area contributed by atoms with Crippen molar-refractivity contribution in [2.45, 2.75) is 0 Å². The van der Waals surface area contributed by atoms with Gasteiger partial charge in [0, 0.05) is 11.1 Å². The summed E-state index contributed by atoms with van der Waals surface area (Å²) in [7, 11) is 6.32. The van der Waals surface area contributed by atoms with Gasteiger partial charge in [-0.15, -0.1) is 0 Å². The fourth-order valence-electron chi connectivity index (χ4n) is 3.37. The number of hydrogen-bond donors (Lipinski definition) is 0. The summed E-state index contributed by atoms with van der Waals surface area (Å²) in [6.07, 6.45) is 7.44. The summed E-state index contributed by atoms with van der Waals surface area (Å²) in [6.45, 7) is 0. The Morgan fingerprint density at radius 1 is 0.529 bits per heavy atom. The van der Waals surface area contributed by atoms with E-state index in [1.165, 1.54) is 0 Å². The molecule has 0 radical (unpaired) electrons. The highest BCUT2D eigenvalue weighted by Crippen LogP contribution is 2.32. The lowest BCUT2D eigenvalue weighted by atomic mass is 10.0. The van der Waals surface area contributed by atoms with Crippen LogP contribution in [0.1, 0.15) is 33.4 Å². The molecule has 0 aliphatic rings. The van der Waals surface area contributed by atoms with Crippen molar-refractivity contribution in [1.29, 1.82) is 10.5 Å². The number of nitriles is 2. The molecule has 3 rings (SSSR count). The van der Waals surface area contributed by atoms with E-state index in [0.29, 0.717) is 34.1 Å². The quantitative estimate of drug-likeness (QED) is 0.401. The van der Waals surface area contributed by atoms with Crippen molar-refractivity contribution in [1.82, 2.24) is 0 Å². The second kappa shape index (κ2) is 11.3. The van der Waals surface area contributed by atoms with Crippen LogP contribution in [0, 0.1) is 22.7 Å². The van der Waals surface area contributed by atoms with E-state index in [-0.39, 0.29) is 0 Å². The van der Waals surface area contributed by atoms with E-state index in [1.807, 2.05) is 48.6 Å². The molecule has 6 nitrogen and oxygen atoms in total. The van der Waals surface area contributed by atoms with E-state index >= 15 is 0 Å². The molecule has 0 atom stereocenters. The summed E-state index contributed by atoms with van der Waals surface area (Å²) < 4.78 is 21.6. The average molecular weight is 453 g/mol. The van der Waals surface area contributed by atoms with Gasteiger partial charge in [0.25, 0.3) is 0 Å². The molecule has 34 heavy (non-hydrogen) atoms. The number of benzene rings is 3. The van der Waals surface area contributed by atoms with E-state index in [1.54, 1.807) is 52.7 Å². The van der Waals surface area contributed by atoms with Gasteiger partial charge in [0.1, 0.15) is 23.0 Å². The number of hydrogen-bond acceptors (Lipinski definition) is 6. The summed E-state index contributed by atoms with van der Waals surface area (Å²) in [5.41, 5.74) is 4.12. The molecule has 170 valence electrons. The molecule has 0 aliphatic carbocycles. The van der Waals surface area contributed by atoms with Crippen molar-refractivity contribution >= 4 is 24.3 Å². The van der Waals surface area contributed by atoms with Gasteiger partial charge >= 0.3 is 0 Å². The second-order valence-corrected chi connectivity index (χ2v) is 7.13. The van der Waals surface area contributed by atoms with Crippen LogP contribution in [0.15, 0.2) is 48.5 Å². The van der Waals surface area contributed by atoms with E-state index in [2.05, 4.69) is 12.1 Å². The molecule has 0 bridgehead atoms. The molecule has 0 unspecified atom stereocenters. The highest BCUT2D eigenvalue weighted by Gasteiger charge is 2.09. The van der Waals surface area contributed by atoms with Gasteiger partial charge in [-0.05, 0) is 59.7 Å². The third kappa shape index (κ3) is 5.38. The number of ether oxygens (including phenoxy) is 4. The molecule has 0 fully saturated rings. The highest BCUT2D eigenvalue weighted by molar-refractivity contribution is 5.80. The fraction of sp³-hybridized carbons (Fsp3) is 0.143. The maximum atomic E-state index is 9.46. The molecule has 0 aromatic heterocycles. The van der Waals surface area contributed by atoms with Gasteiger partial charge in [-0.25, -0.2) is 0 Å². The highest BCUT2D eigenvalue weighted by atomic mass is 16.5. The Hall–Kier alpha value is -4.68. The molecular formula is C28H24N2O4. The van der Waals surface area contributed by atoms with Gasteiger partial charge in [0.15, 0.2) is 0 Å². The molecule has 6 heteroatoms. The van der Waals surface area contributed by atoms with Crippen LogP contribution >= 0.6 is 0 Å². The Morgan fingerprint density at radius 2 is 0.912 bits per heavy atom. The molecule has 3 aromatic rings. The Labute approximate surface area is 199 Å². The second-order valence-electron chi connectivity index (χ2n) is 7.13. The summed E-state index contributed by atoms with van der Waals surface area (Å²) >= 11 is 0. The van der Waals surface area contributed by atoms with Gasteiger partial charge in [-0.3, -0.25) is 0 Å². The third-order valence-electron chi connectivity index (χ3n) is 5.23. The summed E-state index contributed by atoms with van der Waals surface area (Å²) in [4.78, 5) is 0. The van der Waals surface area contributed by atoms with Crippen LogP contribution in [0.2, 0.25) is 0 Å². The zero-order chi connectivity index (χ0) is 24.5. The van der Waals surface area contributed by atoms with Gasteiger partial charge in [-0.2, -0.15) is 10.5 Å². The van der Waals surface area contributed by atoms with E-state index < -0.39 is 0 Å². The third-order valence-corrected chi connectivity index (χ3v) is 5.23. The average Bonchev–Trinajstić information content (AvgIpc) is 2.90. The summed E-state index contributed by atoms with van der Waals surface area (Å²) in [5.74, 6) is 2.53. The Kier molecular flexibility index (Phi) is 7.94. The first-order valence-corrected chi connectivity index (χ1v) is 10.3. The fourth-order valence-corrected chi connectivity index (χ4v) is 3.37.